The summed E-state index contributed by atoms with van der Waals surface area (Å²) in [5.74, 6) is -0.131. The van der Waals surface area contributed by atoms with Crippen LogP contribution < -0.4 is 5.32 Å². The Hall–Kier alpha value is -3.23. The lowest BCUT2D eigenvalue weighted by molar-refractivity contribution is -0.140. The minimum Gasteiger partial charge on any atom is -0.392 e. The van der Waals surface area contributed by atoms with E-state index in [0.717, 1.165) is 60.1 Å². The molecule has 2 N–H and O–H groups in total. The summed E-state index contributed by atoms with van der Waals surface area (Å²) in [6.07, 6.45) is 8.02. The molecule has 5 rings (SSSR count). The summed E-state index contributed by atoms with van der Waals surface area (Å²) in [5, 5.41) is 12.5. The van der Waals surface area contributed by atoms with E-state index in [1.165, 1.54) is 0 Å². The molecule has 202 valence electrons. The number of carbonyl (C=O) groups excluding carboxylic acids is 2. The van der Waals surface area contributed by atoms with E-state index in [0.29, 0.717) is 19.8 Å². The lowest BCUT2D eigenvalue weighted by Crippen LogP contribution is -2.54. The lowest BCUT2D eigenvalue weighted by Gasteiger charge is -2.35. The van der Waals surface area contributed by atoms with Crippen molar-refractivity contribution in [1.29, 1.82) is 0 Å². The molecule has 0 spiro atoms. The molecule has 38 heavy (non-hydrogen) atoms. The topological polar surface area (TPSA) is 96.2 Å². The number of fused-ring (bicyclic) bond motifs is 1. The predicted octanol–water partition coefficient (Wildman–Crippen LogP) is 4.11. The summed E-state index contributed by atoms with van der Waals surface area (Å²) in [6.45, 7) is 5.80. The Labute approximate surface area is 224 Å². The number of hydrogen-bond acceptors (Lipinski definition) is 5. The van der Waals surface area contributed by atoms with Gasteiger partial charge in [-0.1, -0.05) is 38.1 Å². The number of aliphatic hydroxyl groups excluding tert-OH is 1. The highest BCUT2D eigenvalue weighted by Crippen LogP contribution is 2.35. The van der Waals surface area contributed by atoms with Crippen molar-refractivity contribution in [3.63, 3.8) is 0 Å². The first-order valence-corrected chi connectivity index (χ1v) is 13.9. The average Bonchev–Trinajstić information content (AvgIpc) is 3.63. The molecule has 0 aliphatic carbocycles. The van der Waals surface area contributed by atoms with Crippen LogP contribution in [0.2, 0.25) is 0 Å². The van der Waals surface area contributed by atoms with E-state index in [4.69, 9.17) is 9.72 Å². The molecular formula is C30H38N4O4. The van der Waals surface area contributed by atoms with Crippen molar-refractivity contribution in [2.75, 3.05) is 19.8 Å². The van der Waals surface area contributed by atoms with Crippen LogP contribution >= 0.6 is 0 Å². The third-order valence-corrected chi connectivity index (χ3v) is 8.19. The fraction of sp³-hybridized carbons (Fsp3) is 0.500. The normalized spacial score (nSPS) is 20.0. The Morgan fingerprint density at radius 2 is 1.92 bits per heavy atom. The number of hydrogen-bond donors (Lipinski definition) is 2. The minimum absolute atomic E-state index is 0.00655. The number of aliphatic hydroxyl groups is 1. The first-order chi connectivity index (χ1) is 18.5. The summed E-state index contributed by atoms with van der Waals surface area (Å²) >= 11 is 0. The summed E-state index contributed by atoms with van der Waals surface area (Å²) in [4.78, 5) is 33.9. The molecule has 8 heteroatoms. The zero-order valence-corrected chi connectivity index (χ0v) is 22.3. The number of nitrogens with zero attached hydrogens (tertiary/aromatic N) is 3. The molecule has 0 unspecified atom stereocenters. The number of imidazole rings is 1. The highest BCUT2D eigenvalue weighted by molar-refractivity contribution is 5.89. The summed E-state index contributed by atoms with van der Waals surface area (Å²) in [7, 11) is 0. The maximum atomic E-state index is 14.1. The Morgan fingerprint density at radius 1 is 1.16 bits per heavy atom. The summed E-state index contributed by atoms with van der Waals surface area (Å²) < 4.78 is 7.57. The number of amides is 2. The fourth-order valence-electron chi connectivity index (χ4n) is 5.64. The molecule has 0 bridgehead atoms. The van der Waals surface area contributed by atoms with E-state index in [1.54, 1.807) is 0 Å². The third kappa shape index (κ3) is 5.33. The molecule has 2 aliphatic rings. The van der Waals surface area contributed by atoms with Crippen LogP contribution in [0.3, 0.4) is 0 Å². The molecular weight excluding hydrogens is 480 g/mol. The SMILES string of the molecule is CC[C@@H](C)C(=O)N[C@H](C(=O)N1CCC[C@H]1c1cn2cccc(-c3ccc(CO)cc3)c2n1)C1CCOCC1. The van der Waals surface area contributed by atoms with E-state index < -0.39 is 6.04 Å². The highest BCUT2D eigenvalue weighted by atomic mass is 16.5. The van der Waals surface area contributed by atoms with Crippen LogP contribution in [0.15, 0.2) is 48.8 Å². The van der Waals surface area contributed by atoms with Crippen molar-refractivity contribution in [1.82, 2.24) is 19.6 Å². The summed E-state index contributed by atoms with van der Waals surface area (Å²) in [5.41, 5.74) is 4.60. The number of likely N-dealkylation sites (tertiary alicyclic amines) is 1. The Balaban J connectivity index is 1.43. The van der Waals surface area contributed by atoms with Gasteiger partial charge in [0.2, 0.25) is 11.8 Å². The quantitative estimate of drug-likeness (QED) is 0.468. The second-order valence-corrected chi connectivity index (χ2v) is 10.6. The molecule has 3 aromatic rings. The maximum absolute atomic E-state index is 14.1. The smallest absolute Gasteiger partial charge is 0.246 e. The standard InChI is InChI=1S/C30H38N4O4/c1-3-20(2)29(36)32-27(23-12-16-38-17-13-23)30(37)34-15-5-7-26(34)25-18-33-14-4-6-24(28(33)31-25)22-10-8-21(19-35)9-11-22/h4,6,8-11,14,18,20,23,26-27,35H,3,5,7,12-13,15-17,19H2,1-2H3,(H,32,36)/t20-,26+,27+/m1/s1. The number of aromatic nitrogens is 2. The van der Waals surface area contributed by atoms with E-state index in [1.807, 2.05) is 71.9 Å². The van der Waals surface area contributed by atoms with Gasteiger partial charge in [-0.2, -0.15) is 0 Å². The molecule has 2 amide bonds. The average molecular weight is 519 g/mol. The number of carbonyl (C=O) groups is 2. The van der Waals surface area contributed by atoms with Crippen LogP contribution in [0.25, 0.3) is 16.8 Å². The Morgan fingerprint density at radius 3 is 2.63 bits per heavy atom. The maximum Gasteiger partial charge on any atom is 0.246 e. The van der Waals surface area contributed by atoms with Gasteiger partial charge < -0.3 is 24.5 Å². The van der Waals surface area contributed by atoms with E-state index in [-0.39, 0.29) is 36.3 Å². The second kappa shape index (κ2) is 11.7. The zero-order valence-electron chi connectivity index (χ0n) is 22.3. The Bertz CT molecular complexity index is 1260. The molecule has 2 aliphatic heterocycles. The van der Waals surface area contributed by atoms with Gasteiger partial charge in [-0.3, -0.25) is 9.59 Å². The zero-order chi connectivity index (χ0) is 26.6. The van der Waals surface area contributed by atoms with Gasteiger partial charge in [0.15, 0.2) is 0 Å². The van der Waals surface area contributed by atoms with Crippen LogP contribution in [-0.4, -0.2) is 57.0 Å². The molecule has 2 fully saturated rings. The Kier molecular flexibility index (Phi) is 8.09. The third-order valence-electron chi connectivity index (χ3n) is 8.19. The fourth-order valence-corrected chi connectivity index (χ4v) is 5.64. The number of rotatable bonds is 8. The van der Waals surface area contributed by atoms with Gasteiger partial charge in [-0.05, 0) is 61.3 Å². The van der Waals surface area contributed by atoms with Crippen molar-refractivity contribution in [2.45, 2.75) is 64.6 Å². The number of pyridine rings is 1. The minimum atomic E-state index is -0.543. The van der Waals surface area contributed by atoms with Gasteiger partial charge in [0.25, 0.3) is 0 Å². The van der Waals surface area contributed by atoms with Crippen molar-refractivity contribution in [3.8, 4) is 11.1 Å². The largest absolute Gasteiger partial charge is 0.392 e. The molecule has 8 nitrogen and oxygen atoms in total. The van der Waals surface area contributed by atoms with Crippen LogP contribution in [-0.2, 0) is 20.9 Å². The molecule has 0 saturated carbocycles. The van der Waals surface area contributed by atoms with Crippen molar-refractivity contribution in [2.24, 2.45) is 11.8 Å². The van der Waals surface area contributed by atoms with Gasteiger partial charge in [-0.15, -0.1) is 0 Å². The van der Waals surface area contributed by atoms with Gasteiger partial charge >= 0.3 is 0 Å². The van der Waals surface area contributed by atoms with Crippen LogP contribution in [0.1, 0.15) is 63.3 Å². The van der Waals surface area contributed by atoms with Gasteiger partial charge in [0, 0.05) is 43.6 Å². The van der Waals surface area contributed by atoms with Crippen molar-refractivity contribution in [3.05, 3.63) is 60.0 Å². The van der Waals surface area contributed by atoms with E-state index in [2.05, 4.69) is 5.32 Å². The van der Waals surface area contributed by atoms with Gasteiger partial charge in [0.1, 0.15) is 11.7 Å². The number of nitrogens with one attached hydrogen (secondary N) is 1. The molecule has 0 radical (unpaired) electrons. The highest BCUT2D eigenvalue weighted by Gasteiger charge is 2.40. The lowest BCUT2D eigenvalue weighted by atomic mass is 9.90. The molecule has 2 saturated heterocycles. The van der Waals surface area contributed by atoms with Crippen molar-refractivity contribution >= 4 is 17.5 Å². The molecule has 3 atom stereocenters. The predicted molar refractivity (Wildman–Crippen MR) is 145 cm³/mol. The van der Waals surface area contributed by atoms with E-state index in [9.17, 15) is 14.7 Å². The molecule has 2 aromatic heterocycles. The second-order valence-electron chi connectivity index (χ2n) is 10.6. The number of ether oxygens (including phenoxy) is 1. The van der Waals surface area contributed by atoms with Crippen LogP contribution in [0.5, 0.6) is 0 Å². The number of benzene rings is 1. The first kappa shape index (κ1) is 26.4. The first-order valence-electron chi connectivity index (χ1n) is 13.9. The van der Waals surface area contributed by atoms with Crippen LogP contribution in [0, 0.1) is 11.8 Å². The van der Waals surface area contributed by atoms with Gasteiger partial charge in [0.05, 0.1) is 18.3 Å². The van der Waals surface area contributed by atoms with E-state index >= 15 is 0 Å². The summed E-state index contributed by atoms with van der Waals surface area (Å²) in [6, 6.07) is 11.2. The van der Waals surface area contributed by atoms with Crippen LogP contribution in [0.4, 0.5) is 0 Å². The van der Waals surface area contributed by atoms with Crippen molar-refractivity contribution < 1.29 is 19.4 Å². The molecule has 4 heterocycles. The van der Waals surface area contributed by atoms with Gasteiger partial charge in [-0.25, -0.2) is 4.98 Å². The monoisotopic (exact) mass is 518 g/mol. The molecule has 1 aromatic carbocycles.